The van der Waals surface area contributed by atoms with Gasteiger partial charge in [-0.25, -0.2) is 0 Å². The molecule has 20 heavy (non-hydrogen) atoms. The fraction of sp³-hybridized carbons (Fsp3) is 0.467. The number of hydrogen-bond acceptors (Lipinski definition) is 3. The first-order valence-corrected chi connectivity index (χ1v) is 7.14. The van der Waals surface area contributed by atoms with E-state index in [9.17, 15) is 4.79 Å². The highest BCUT2D eigenvalue weighted by molar-refractivity contribution is 5.97. The zero-order chi connectivity index (χ0) is 13.9. The van der Waals surface area contributed by atoms with Crippen molar-refractivity contribution < 1.29 is 9.90 Å². The van der Waals surface area contributed by atoms with E-state index >= 15 is 0 Å². The summed E-state index contributed by atoms with van der Waals surface area (Å²) in [5.74, 6) is 0.0552. The summed E-state index contributed by atoms with van der Waals surface area (Å²) in [5.41, 5.74) is 1.57. The number of carbonyl (C=O) groups is 1. The lowest BCUT2D eigenvalue weighted by molar-refractivity contribution is 0.0575. The Labute approximate surface area is 117 Å². The molecule has 1 atom stereocenters. The fourth-order valence-corrected chi connectivity index (χ4v) is 2.95. The van der Waals surface area contributed by atoms with E-state index < -0.39 is 0 Å². The summed E-state index contributed by atoms with van der Waals surface area (Å²) in [5, 5.41) is 17.0. The molecule has 106 valence electrons. The van der Waals surface area contributed by atoms with Gasteiger partial charge in [0.1, 0.15) is 0 Å². The van der Waals surface area contributed by atoms with Crippen LogP contribution in [0.25, 0.3) is 10.9 Å². The molecule has 0 bridgehead atoms. The Morgan fingerprint density at radius 1 is 1.45 bits per heavy atom. The molecule has 1 unspecified atom stereocenters. The molecule has 1 saturated heterocycles. The molecule has 5 heteroatoms. The largest absolute Gasteiger partial charge is 0.396 e. The highest BCUT2D eigenvalue weighted by atomic mass is 16.3. The molecule has 5 nitrogen and oxygen atoms in total. The van der Waals surface area contributed by atoms with E-state index in [0.717, 1.165) is 36.7 Å². The van der Waals surface area contributed by atoms with E-state index in [1.807, 2.05) is 23.1 Å². The molecular weight excluding hydrogens is 254 g/mol. The van der Waals surface area contributed by atoms with Gasteiger partial charge in [-0.05, 0) is 37.8 Å². The van der Waals surface area contributed by atoms with Crippen LogP contribution < -0.4 is 0 Å². The molecule has 2 heterocycles. The lowest BCUT2D eigenvalue weighted by Crippen LogP contribution is -2.44. The minimum atomic E-state index is 0.0552. The molecular formula is C15H19N3O2. The molecule has 3 rings (SSSR count). The zero-order valence-corrected chi connectivity index (χ0v) is 11.4. The van der Waals surface area contributed by atoms with Crippen LogP contribution in [0.2, 0.25) is 0 Å². The van der Waals surface area contributed by atoms with Crippen molar-refractivity contribution in [1.82, 2.24) is 15.1 Å². The van der Waals surface area contributed by atoms with Gasteiger partial charge in [-0.1, -0.05) is 6.07 Å². The van der Waals surface area contributed by atoms with Gasteiger partial charge in [-0.15, -0.1) is 0 Å². The summed E-state index contributed by atoms with van der Waals surface area (Å²) < 4.78 is 0. The van der Waals surface area contributed by atoms with Gasteiger partial charge in [0.25, 0.3) is 5.91 Å². The molecule has 1 fully saturated rings. The van der Waals surface area contributed by atoms with Crippen LogP contribution in [0.3, 0.4) is 0 Å². The molecule has 1 aromatic carbocycles. The maximum Gasteiger partial charge on any atom is 0.254 e. The first-order chi connectivity index (χ1) is 9.79. The molecule has 1 aromatic heterocycles. The number of aromatic amines is 1. The molecule has 0 aliphatic carbocycles. The van der Waals surface area contributed by atoms with Crippen molar-refractivity contribution in [2.24, 2.45) is 0 Å². The second-order valence-electron chi connectivity index (χ2n) is 5.33. The van der Waals surface area contributed by atoms with Gasteiger partial charge in [-0.3, -0.25) is 9.89 Å². The predicted octanol–water partition coefficient (Wildman–Crippen LogP) is 1.94. The Bertz CT molecular complexity index is 606. The number of aromatic nitrogens is 2. The van der Waals surface area contributed by atoms with Crippen LogP contribution in [0.15, 0.2) is 24.4 Å². The number of nitrogens with zero attached hydrogens (tertiary/aromatic N) is 2. The SMILES string of the molecule is O=C(c1ccc2cn[nH]c2c1)N1CCCCC1CCO. The number of piperidine rings is 1. The van der Waals surface area contributed by atoms with Crippen LogP contribution in [0.4, 0.5) is 0 Å². The minimum absolute atomic E-state index is 0.0552. The normalized spacial score (nSPS) is 19.4. The first kappa shape index (κ1) is 13.1. The van der Waals surface area contributed by atoms with Gasteiger partial charge in [0.05, 0.1) is 11.7 Å². The number of carbonyl (C=O) groups excluding carboxylic acids is 1. The Kier molecular flexibility index (Phi) is 3.69. The summed E-state index contributed by atoms with van der Waals surface area (Å²) in [6, 6.07) is 5.79. The number of benzene rings is 1. The number of aliphatic hydroxyl groups is 1. The Balaban J connectivity index is 1.85. The van der Waals surface area contributed by atoms with E-state index in [1.54, 1.807) is 6.20 Å². The molecule has 1 amide bonds. The maximum absolute atomic E-state index is 12.7. The van der Waals surface area contributed by atoms with E-state index in [4.69, 9.17) is 5.11 Å². The van der Waals surface area contributed by atoms with Crippen molar-refractivity contribution in [3.8, 4) is 0 Å². The number of fused-ring (bicyclic) bond motifs is 1. The van der Waals surface area contributed by atoms with E-state index in [-0.39, 0.29) is 18.6 Å². The monoisotopic (exact) mass is 273 g/mol. The van der Waals surface area contributed by atoms with Crippen LogP contribution in [-0.2, 0) is 0 Å². The maximum atomic E-state index is 12.7. The van der Waals surface area contributed by atoms with Gasteiger partial charge in [-0.2, -0.15) is 5.10 Å². The van der Waals surface area contributed by atoms with Crippen molar-refractivity contribution in [2.75, 3.05) is 13.2 Å². The molecule has 2 aromatic rings. The lowest BCUT2D eigenvalue weighted by Gasteiger charge is -2.35. The summed E-state index contributed by atoms with van der Waals surface area (Å²) >= 11 is 0. The van der Waals surface area contributed by atoms with Crippen LogP contribution in [0, 0.1) is 0 Å². The van der Waals surface area contributed by atoms with Crippen molar-refractivity contribution in [2.45, 2.75) is 31.7 Å². The molecule has 0 radical (unpaired) electrons. The van der Waals surface area contributed by atoms with E-state index in [0.29, 0.717) is 12.0 Å². The van der Waals surface area contributed by atoms with Gasteiger partial charge < -0.3 is 10.0 Å². The number of rotatable bonds is 3. The third kappa shape index (κ3) is 2.41. The topological polar surface area (TPSA) is 69.2 Å². The summed E-state index contributed by atoms with van der Waals surface area (Å²) in [7, 11) is 0. The van der Waals surface area contributed by atoms with Crippen LogP contribution in [0.1, 0.15) is 36.0 Å². The van der Waals surface area contributed by atoms with Gasteiger partial charge in [0, 0.05) is 30.1 Å². The molecule has 1 aliphatic rings. The average Bonchev–Trinajstić information content (AvgIpc) is 2.95. The van der Waals surface area contributed by atoms with Gasteiger partial charge >= 0.3 is 0 Å². The lowest BCUT2D eigenvalue weighted by atomic mass is 9.98. The Hall–Kier alpha value is -1.88. The summed E-state index contributed by atoms with van der Waals surface area (Å²) in [4.78, 5) is 14.6. The standard InChI is InChI=1S/C15H19N3O2/c19-8-6-13-3-1-2-7-18(13)15(20)11-4-5-12-10-16-17-14(12)9-11/h4-5,9-10,13,19H,1-3,6-8H2,(H,16,17). The third-order valence-corrected chi connectivity index (χ3v) is 4.04. The average molecular weight is 273 g/mol. The van der Waals surface area contributed by atoms with Crippen LogP contribution in [-0.4, -0.2) is 45.3 Å². The van der Waals surface area contributed by atoms with Crippen LogP contribution in [0.5, 0.6) is 0 Å². The molecule has 1 aliphatic heterocycles. The zero-order valence-electron chi connectivity index (χ0n) is 11.4. The van der Waals surface area contributed by atoms with Gasteiger partial charge in [0.15, 0.2) is 0 Å². The number of nitrogens with one attached hydrogen (secondary N) is 1. The number of likely N-dealkylation sites (tertiary alicyclic amines) is 1. The first-order valence-electron chi connectivity index (χ1n) is 7.14. The van der Waals surface area contributed by atoms with Crippen molar-refractivity contribution >= 4 is 16.8 Å². The van der Waals surface area contributed by atoms with Crippen molar-refractivity contribution in [1.29, 1.82) is 0 Å². The minimum Gasteiger partial charge on any atom is -0.396 e. The van der Waals surface area contributed by atoms with Crippen molar-refractivity contribution in [3.63, 3.8) is 0 Å². The second kappa shape index (κ2) is 5.63. The highest BCUT2D eigenvalue weighted by Gasteiger charge is 2.27. The van der Waals surface area contributed by atoms with Crippen molar-refractivity contribution in [3.05, 3.63) is 30.0 Å². The quantitative estimate of drug-likeness (QED) is 0.898. The third-order valence-electron chi connectivity index (χ3n) is 4.04. The Morgan fingerprint density at radius 3 is 3.20 bits per heavy atom. The van der Waals surface area contributed by atoms with Crippen LogP contribution >= 0.6 is 0 Å². The summed E-state index contributed by atoms with van der Waals surface area (Å²) in [6.07, 6.45) is 5.57. The Morgan fingerprint density at radius 2 is 2.35 bits per heavy atom. The number of H-pyrrole nitrogens is 1. The molecule has 0 spiro atoms. The fourth-order valence-electron chi connectivity index (χ4n) is 2.95. The van der Waals surface area contributed by atoms with Gasteiger partial charge in [0.2, 0.25) is 0 Å². The molecule has 2 N–H and O–H groups in total. The second-order valence-corrected chi connectivity index (χ2v) is 5.33. The number of aliphatic hydroxyl groups excluding tert-OH is 1. The number of amides is 1. The predicted molar refractivity (Wildman–Crippen MR) is 76.5 cm³/mol. The van der Waals surface area contributed by atoms with E-state index in [1.165, 1.54) is 0 Å². The highest BCUT2D eigenvalue weighted by Crippen LogP contribution is 2.23. The summed E-state index contributed by atoms with van der Waals surface area (Å²) in [6.45, 7) is 0.915. The number of hydrogen-bond donors (Lipinski definition) is 2. The molecule has 0 saturated carbocycles. The smallest absolute Gasteiger partial charge is 0.254 e. The van der Waals surface area contributed by atoms with E-state index in [2.05, 4.69) is 10.2 Å².